The number of rotatable bonds is 5. The van der Waals surface area contributed by atoms with Crippen LogP contribution in [0.15, 0.2) is 0 Å². The van der Waals surface area contributed by atoms with Crippen molar-refractivity contribution in [1.29, 1.82) is 0 Å². The van der Waals surface area contributed by atoms with Crippen LogP contribution >= 0.6 is 0 Å². The van der Waals surface area contributed by atoms with Crippen LogP contribution in [0.5, 0.6) is 0 Å². The van der Waals surface area contributed by atoms with E-state index >= 15 is 0 Å². The average Bonchev–Trinajstić information content (AvgIpc) is 2.42. The molecule has 1 aliphatic heterocycles. The number of nitrogens with one attached hydrogen (secondary N) is 2. The summed E-state index contributed by atoms with van der Waals surface area (Å²) in [6, 6.07) is -0.277. The van der Waals surface area contributed by atoms with E-state index < -0.39 is 0 Å². The summed E-state index contributed by atoms with van der Waals surface area (Å²) in [4.78, 5) is 23.4. The van der Waals surface area contributed by atoms with Gasteiger partial charge >= 0.3 is 6.03 Å². The molecule has 0 atom stereocenters. The predicted molar refractivity (Wildman–Crippen MR) is 52.8 cm³/mol. The van der Waals surface area contributed by atoms with Gasteiger partial charge in [-0.05, 0) is 12.5 Å². The summed E-state index contributed by atoms with van der Waals surface area (Å²) in [5.74, 6) is 0.444. The predicted octanol–water partition coefficient (Wildman–Crippen LogP) is -0.216. The van der Waals surface area contributed by atoms with Gasteiger partial charge in [0.1, 0.15) is 0 Å². The normalized spacial score (nSPS) is 16.6. The molecule has 1 aliphatic rings. The van der Waals surface area contributed by atoms with E-state index in [0.717, 1.165) is 6.54 Å². The van der Waals surface area contributed by atoms with Crippen molar-refractivity contribution in [2.24, 2.45) is 5.92 Å². The summed E-state index contributed by atoms with van der Waals surface area (Å²) >= 11 is 0. The molecule has 0 aliphatic carbocycles. The lowest BCUT2D eigenvalue weighted by Gasteiger charge is -2.13. The molecule has 0 radical (unpaired) electrons. The Bertz CT molecular complexity index is 212. The number of hydrogen-bond donors (Lipinski definition) is 2. The molecule has 2 N–H and O–H groups in total. The molecule has 1 fully saturated rings. The number of carbonyl (C=O) groups excluding carboxylic acids is 2. The molecule has 1 rings (SSSR count). The van der Waals surface area contributed by atoms with Crippen LogP contribution in [0.2, 0.25) is 0 Å². The standard InChI is InChI=1S/C9H17N3O2/c1-7(2)5-10-3-4-12-8(13)6-11-9(12)14/h7,10H,3-6H2,1-2H3,(H,11,14). The quantitative estimate of drug-likeness (QED) is 0.475. The summed E-state index contributed by atoms with van der Waals surface area (Å²) in [7, 11) is 0. The highest BCUT2D eigenvalue weighted by Crippen LogP contribution is 1.97. The first-order valence-corrected chi connectivity index (χ1v) is 4.90. The van der Waals surface area contributed by atoms with Crippen molar-refractivity contribution in [3.05, 3.63) is 0 Å². The number of imide groups is 1. The van der Waals surface area contributed by atoms with Crippen LogP contribution < -0.4 is 10.6 Å². The third-order valence-corrected chi connectivity index (χ3v) is 2.00. The zero-order valence-electron chi connectivity index (χ0n) is 8.67. The number of nitrogens with zero attached hydrogens (tertiary/aromatic N) is 1. The highest BCUT2D eigenvalue weighted by Gasteiger charge is 2.27. The topological polar surface area (TPSA) is 61.4 Å². The molecule has 1 heterocycles. The van der Waals surface area contributed by atoms with Crippen molar-refractivity contribution < 1.29 is 9.59 Å². The molecule has 3 amide bonds. The summed E-state index contributed by atoms with van der Waals surface area (Å²) in [6.07, 6.45) is 0. The smallest absolute Gasteiger partial charge is 0.324 e. The summed E-state index contributed by atoms with van der Waals surface area (Å²) in [6.45, 7) is 6.39. The minimum Gasteiger partial charge on any atom is -0.329 e. The Morgan fingerprint density at radius 2 is 2.21 bits per heavy atom. The van der Waals surface area contributed by atoms with E-state index in [4.69, 9.17) is 0 Å². The van der Waals surface area contributed by atoms with Gasteiger partial charge in [-0.3, -0.25) is 9.69 Å². The maximum Gasteiger partial charge on any atom is 0.324 e. The fourth-order valence-corrected chi connectivity index (χ4v) is 1.26. The molecule has 5 heteroatoms. The number of hydrogen-bond acceptors (Lipinski definition) is 3. The molecule has 5 nitrogen and oxygen atoms in total. The van der Waals surface area contributed by atoms with Gasteiger partial charge < -0.3 is 10.6 Å². The Balaban J connectivity index is 2.17. The molecular weight excluding hydrogens is 182 g/mol. The van der Waals surface area contributed by atoms with Crippen molar-refractivity contribution >= 4 is 11.9 Å². The largest absolute Gasteiger partial charge is 0.329 e. The van der Waals surface area contributed by atoms with E-state index in [1.54, 1.807) is 0 Å². The molecule has 0 bridgehead atoms. The molecule has 80 valence electrons. The monoisotopic (exact) mass is 199 g/mol. The van der Waals surface area contributed by atoms with Gasteiger partial charge in [-0.1, -0.05) is 13.8 Å². The lowest BCUT2D eigenvalue weighted by molar-refractivity contribution is -0.124. The highest BCUT2D eigenvalue weighted by molar-refractivity contribution is 6.01. The molecule has 0 aromatic carbocycles. The van der Waals surface area contributed by atoms with E-state index in [9.17, 15) is 9.59 Å². The second-order valence-corrected chi connectivity index (χ2v) is 3.80. The Labute approximate surface area is 83.8 Å². The van der Waals surface area contributed by atoms with Gasteiger partial charge in [0.05, 0.1) is 6.54 Å². The van der Waals surface area contributed by atoms with Gasteiger partial charge in [-0.25, -0.2) is 4.79 Å². The molecular formula is C9H17N3O2. The minimum absolute atomic E-state index is 0.138. The fraction of sp³-hybridized carbons (Fsp3) is 0.778. The molecule has 0 aromatic heterocycles. The molecule has 0 saturated carbocycles. The molecule has 0 spiro atoms. The molecule has 14 heavy (non-hydrogen) atoms. The van der Waals surface area contributed by atoms with Gasteiger partial charge in [0.15, 0.2) is 0 Å². The van der Waals surface area contributed by atoms with Crippen molar-refractivity contribution in [1.82, 2.24) is 15.5 Å². The first-order valence-electron chi connectivity index (χ1n) is 4.90. The first kappa shape index (κ1) is 11.0. The SMILES string of the molecule is CC(C)CNCCN1C(=O)CNC1=O. The highest BCUT2D eigenvalue weighted by atomic mass is 16.2. The van der Waals surface area contributed by atoms with Gasteiger partial charge in [-0.15, -0.1) is 0 Å². The zero-order chi connectivity index (χ0) is 10.6. The number of carbonyl (C=O) groups is 2. The second kappa shape index (κ2) is 4.95. The summed E-state index contributed by atoms with van der Waals surface area (Å²) in [5, 5.41) is 5.66. The van der Waals surface area contributed by atoms with E-state index in [0.29, 0.717) is 19.0 Å². The maximum atomic E-state index is 11.1. The van der Waals surface area contributed by atoms with Crippen LogP contribution in [-0.4, -0.2) is 43.0 Å². The lowest BCUT2D eigenvalue weighted by Crippen LogP contribution is -2.37. The van der Waals surface area contributed by atoms with Crippen molar-refractivity contribution in [2.75, 3.05) is 26.2 Å². The van der Waals surface area contributed by atoms with Crippen LogP contribution in [0.25, 0.3) is 0 Å². The van der Waals surface area contributed by atoms with Gasteiger partial charge in [-0.2, -0.15) is 0 Å². The molecule has 0 aromatic rings. The Hall–Kier alpha value is -1.10. The Morgan fingerprint density at radius 3 is 2.71 bits per heavy atom. The maximum absolute atomic E-state index is 11.1. The lowest BCUT2D eigenvalue weighted by atomic mass is 10.2. The first-order chi connectivity index (χ1) is 6.61. The zero-order valence-corrected chi connectivity index (χ0v) is 8.67. The van der Waals surface area contributed by atoms with Crippen LogP contribution in [0.3, 0.4) is 0 Å². The Morgan fingerprint density at radius 1 is 1.50 bits per heavy atom. The molecule has 1 saturated heterocycles. The summed E-state index contributed by atoms with van der Waals surface area (Å²) < 4.78 is 0. The van der Waals surface area contributed by atoms with Crippen molar-refractivity contribution in [2.45, 2.75) is 13.8 Å². The Kier molecular flexibility index (Phi) is 3.88. The van der Waals surface area contributed by atoms with Crippen molar-refractivity contribution in [3.8, 4) is 0 Å². The molecule has 0 unspecified atom stereocenters. The van der Waals surface area contributed by atoms with Gasteiger partial charge in [0, 0.05) is 13.1 Å². The average molecular weight is 199 g/mol. The van der Waals surface area contributed by atoms with Crippen molar-refractivity contribution in [3.63, 3.8) is 0 Å². The van der Waals surface area contributed by atoms with Gasteiger partial charge in [0.2, 0.25) is 5.91 Å². The van der Waals surface area contributed by atoms with E-state index in [1.165, 1.54) is 4.90 Å². The fourth-order valence-electron chi connectivity index (χ4n) is 1.26. The minimum atomic E-state index is -0.277. The van der Waals surface area contributed by atoms with E-state index in [-0.39, 0.29) is 18.5 Å². The van der Waals surface area contributed by atoms with Crippen LogP contribution in [0.1, 0.15) is 13.8 Å². The number of urea groups is 1. The summed E-state index contributed by atoms with van der Waals surface area (Å²) in [5.41, 5.74) is 0. The van der Waals surface area contributed by atoms with Crippen LogP contribution in [-0.2, 0) is 4.79 Å². The van der Waals surface area contributed by atoms with Crippen LogP contribution in [0, 0.1) is 5.92 Å². The van der Waals surface area contributed by atoms with E-state index in [2.05, 4.69) is 24.5 Å². The number of amides is 3. The van der Waals surface area contributed by atoms with E-state index in [1.807, 2.05) is 0 Å². The van der Waals surface area contributed by atoms with Crippen LogP contribution in [0.4, 0.5) is 4.79 Å². The third kappa shape index (κ3) is 2.99. The van der Waals surface area contributed by atoms with Gasteiger partial charge in [0.25, 0.3) is 0 Å². The third-order valence-electron chi connectivity index (χ3n) is 2.00. The second-order valence-electron chi connectivity index (χ2n) is 3.80.